The smallest absolute Gasteiger partial charge is 0.337 e. The van der Waals surface area contributed by atoms with Crippen LogP contribution in [0.3, 0.4) is 0 Å². The number of hydrogen-bond donors (Lipinski definition) is 3. The van der Waals surface area contributed by atoms with Gasteiger partial charge in [-0.25, -0.2) is 14.3 Å². The van der Waals surface area contributed by atoms with E-state index in [0.29, 0.717) is 60.5 Å². The molecule has 0 spiro atoms. The van der Waals surface area contributed by atoms with E-state index in [-0.39, 0.29) is 23.1 Å². The van der Waals surface area contributed by atoms with Gasteiger partial charge in [0.05, 0.1) is 30.0 Å². The highest BCUT2D eigenvalue weighted by molar-refractivity contribution is 8.01. The molecule has 1 aliphatic rings. The molecular formula is C41H44N11O4S2+. The Labute approximate surface area is 344 Å². The highest BCUT2D eigenvalue weighted by atomic mass is 32.2. The third-order valence-corrected chi connectivity index (χ3v) is 12.2. The maximum Gasteiger partial charge on any atom is 0.337 e. The number of anilines is 3. The van der Waals surface area contributed by atoms with E-state index >= 15 is 0 Å². The van der Waals surface area contributed by atoms with Crippen molar-refractivity contribution in [3.63, 3.8) is 0 Å². The molecule has 15 nitrogen and oxygen atoms in total. The van der Waals surface area contributed by atoms with Crippen LogP contribution in [0.4, 0.5) is 17.2 Å². The summed E-state index contributed by atoms with van der Waals surface area (Å²) >= 11 is 2.72. The van der Waals surface area contributed by atoms with E-state index in [1.165, 1.54) is 35.8 Å². The molecule has 1 aliphatic carbocycles. The molecule has 0 aliphatic heterocycles. The number of para-hydroxylation sites is 2. The minimum atomic E-state index is -1.12. The standard InChI is InChI=1S/C41H43N11O4S2/c1-4-49(5-2)33-18-17-28(26-43-33)36-48-52(40(50(36)6-3)58-41(19-20-41)38(56)45-32-15-11-8-12-16-32)22-21-51-35(29-23-30(37(54)55)25-42-24-29)46-47-39(51)57-27-34(53)44-31-13-9-7-10-14-31/h7-18,23-26H,4-6,19-22,27H2,1-3H3,(H2-,44,45,53,54,55,56)/p+1. The summed E-state index contributed by atoms with van der Waals surface area (Å²) in [7, 11) is 0. The quantitative estimate of drug-likeness (QED) is 0.0668. The molecule has 6 aromatic rings. The van der Waals surface area contributed by atoms with Crippen molar-refractivity contribution in [1.82, 2.24) is 34.5 Å². The summed E-state index contributed by atoms with van der Waals surface area (Å²) in [4.78, 5) is 49.9. The Bertz CT molecular complexity index is 2380. The number of aryl methyl sites for hydroxylation is 1. The number of benzene rings is 2. The lowest BCUT2D eigenvalue weighted by Crippen LogP contribution is -2.38. The van der Waals surface area contributed by atoms with Crippen LogP contribution >= 0.6 is 23.5 Å². The minimum Gasteiger partial charge on any atom is -0.478 e. The van der Waals surface area contributed by atoms with E-state index in [4.69, 9.17) is 10.1 Å². The molecule has 3 N–H and O–H groups in total. The average Bonchev–Trinajstić information content (AvgIpc) is 3.80. The van der Waals surface area contributed by atoms with E-state index in [1.807, 2.05) is 88.2 Å². The number of aromatic carboxylic acids is 1. The van der Waals surface area contributed by atoms with Crippen molar-refractivity contribution in [3.8, 4) is 22.8 Å². The number of carbonyl (C=O) groups excluding carboxylic acids is 2. The van der Waals surface area contributed by atoms with E-state index in [1.54, 1.807) is 6.20 Å². The number of amides is 2. The van der Waals surface area contributed by atoms with Crippen molar-refractivity contribution in [1.29, 1.82) is 0 Å². The van der Waals surface area contributed by atoms with Gasteiger partial charge in [-0.2, -0.15) is 0 Å². The van der Waals surface area contributed by atoms with Crippen molar-refractivity contribution in [2.75, 3.05) is 34.4 Å². The second kappa shape index (κ2) is 18.0. The topological polar surface area (TPSA) is 177 Å². The van der Waals surface area contributed by atoms with Gasteiger partial charge in [-0.05, 0) is 87.8 Å². The van der Waals surface area contributed by atoms with Gasteiger partial charge >= 0.3 is 11.8 Å². The largest absolute Gasteiger partial charge is 0.478 e. The lowest BCUT2D eigenvalue weighted by atomic mass is 10.2. The predicted molar refractivity (Wildman–Crippen MR) is 224 cm³/mol. The first kappa shape index (κ1) is 40.1. The minimum absolute atomic E-state index is 0.00650. The van der Waals surface area contributed by atoms with Crippen LogP contribution in [0.1, 0.15) is 44.0 Å². The monoisotopic (exact) mass is 818 g/mol. The van der Waals surface area contributed by atoms with Gasteiger partial charge in [0.1, 0.15) is 17.1 Å². The molecular weight excluding hydrogens is 775 g/mol. The average molecular weight is 819 g/mol. The highest BCUT2D eigenvalue weighted by Crippen LogP contribution is 2.52. The number of carboxylic acid groups (broad SMARTS) is 1. The van der Waals surface area contributed by atoms with Crippen LogP contribution in [0.15, 0.2) is 108 Å². The fourth-order valence-corrected chi connectivity index (χ4v) is 8.54. The Morgan fingerprint density at radius 1 is 0.862 bits per heavy atom. The van der Waals surface area contributed by atoms with Crippen molar-refractivity contribution < 1.29 is 24.1 Å². The fraction of sp³-hybridized carbons (Fsp3) is 0.293. The van der Waals surface area contributed by atoms with Gasteiger partial charge in [0.2, 0.25) is 11.8 Å². The second-order valence-electron chi connectivity index (χ2n) is 13.5. The number of aromatic nitrogens is 8. The van der Waals surface area contributed by atoms with Gasteiger partial charge in [-0.1, -0.05) is 52.8 Å². The molecule has 58 heavy (non-hydrogen) atoms. The number of pyridine rings is 2. The number of hydrogen-bond acceptors (Lipinski definition) is 11. The molecule has 0 bridgehead atoms. The Morgan fingerprint density at radius 3 is 2.19 bits per heavy atom. The summed E-state index contributed by atoms with van der Waals surface area (Å²) in [6.45, 7) is 9.11. The maximum absolute atomic E-state index is 13.9. The number of thioether (sulfide) groups is 2. The summed E-state index contributed by atoms with van der Waals surface area (Å²) in [6, 6.07) is 24.2. The van der Waals surface area contributed by atoms with E-state index in [9.17, 15) is 19.5 Å². The summed E-state index contributed by atoms with van der Waals surface area (Å²) < 4.78 is 5.19. The lowest BCUT2D eigenvalue weighted by Gasteiger charge is -2.19. The van der Waals surface area contributed by atoms with Gasteiger partial charge in [-0.15, -0.1) is 10.2 Å². The first-order chi connectivity index (χ1) is 28.2. The first-order valence-electron chi connectivity index (χ1n) is 19.1. The van der Waals surface area contributed by atoms with E-state index < -0.39 is 10.7 Å². The molecule has 17 heteroatoms. The van der Waals surface area contributed by atoms with Crippen molar-refractivity contribution in [2.24, 2.45) is 0 Å². The molecule has 4 aromatic heterocycles. The SMILES string of the molecule is CCN(CC)c1ccc(-c2nn(CCn3c(SCC(=O)Nc4ccccc4)nnc3-c3cncc(C(=O)O)c3)c(SC3(C(=O)Nc4ccccc4)CC3)[n+]2CC)cn1. The van der Waals surface area contributed by atoms with Crippen LogP contribution in [0.5, 0.6) is 0 Å². The van der Waals surface area contributed by atoms with E-state index in [2.05, 4.69) is 56.1 Å². The molecule has 0 atom stereocenters. The zero-order chi connectivity index (χ0) is 40.6. The first-order valence-corrected chi connectivity index (χ1v) is 20.9. The van der Waals surface area contributed by atoms with Crippen molar-refractivity contribution in [3.05, 3.63) is 103 Å². The van der Waals surface area contributed by atoms with Crippen LogP contribution in [0.2, 0.25) is 0 Å². The van der Waals surface area contributed by atoms with Gasteiger partial charge in [0, 0.05) is 53.7 Å². The number of carboxylic acids is 1. The van der Waals surface area contributed by atoms with Gasteiger partial charge in [0.15, 0.2) is 11.0 Å². The van der Waals surface area contributed by atoms with Gasteiger partial charge in [0.25, 0.3) is 5.16 Å². The molecule has 2 aromatic carbocycles. The fourth-order valence-electron chi connectivity index (χ4n) is 6.41. The number of nitrogens with zero attached hydrogens (tertiary/aromatic N) is 9. The maximum atomic E-state index is 13.9. The second-order valence-corrected chi connectivity index (χ2v) is 15.8. The van der Waals surface area contributed by atoms with Crippen molar-refractivity contribution in [2.45, 2.75) is 68.3 Å². The molecule has 4 heterocycles. The number of nitrogens with one attached hydrogen (secondary N) is 2. The van der Waals surface area contributed by atoms with Gasteiger partial charge < -0.3 is 20.6 Å². The molecule has 298 valence electrons. The highest BCUT2D eigenvalue weighted by Gasteiger charge is 2.54. The predicted octanol–water partition coefficient (Wildman–Crippen LogP) is 6.14. The third-order valence-electron chi connectivity index (χ3n) is 9.65. The van der Waals surface area contributed by atoms with Crippen LogP contribution in [-0.2, 0) is 29.2 Å². The van der Waals surface area contributed by atoms with Crippen LogP contribution < -0.4 is 20.1 Å². The third kappa shape index (κ3) is 9.05. The summed E-state index contributed by atoms with van der Waals surface area (Å²) in [5.41, 5.74) is 2.71. The Balaban J connectivity index is 1.24. The Morgan fingerprint density at radius 2 is 1.57 bits per heavy atom. The molecule has 2 amide bonds. The normalized spacial score (nSPS) is 12.9. The van der Waals surface area contributed by atoms with Gasteiger partial charge in [-0.3, -0.25) is 19.1 Å². The van der Waals surface area contributed by atoms with Crippen LogP contribution in [0, 0.1) is 0 Å². The molecule has 7 rings (SSSR count). The summed E-state index contributed by atoms with van der Waals surface area (Å²) in [5, 5.41) is 31.1. The van der Waals surface area contributed by atoms with Crippen LogP contribution in [-0.4, -0.2) is 81.0 Å². The Kier molecular flexibility index (Phi) is 12.5. The molecule has 1 fully saturated rings. The molecule has 1 saturated carbocycles. The summed E-state index contributed by atoms with van der Waals surface area (Å²) in [5.74, 6) is 0.632. The zero-order valence-corrected chi connectivity index (χ0v) is 34.0. The lowest BCUT2D eigenvalue weighted by molar-refractivity contribution is -0.720. The summed E-state index contributed by atoms with van der Waals surface area (Å²) in [6.07, 6.45) is 6.06. The molecule has 0 radical (unpaired) electrons. The number of rotatable bonds is 18. The van der Waals surface area contributed by atoms with E-state index in [0.717, 1.165) is 35.3 Å². The molecule has 0 unspecified atom stereocenters. The van der Waals surface area contributed by atoms with Crippen molar-refractivity contribution >= 4 is 58.5 Å². The Hall–Kier alpha value is -6.07. The zero-order valence-electron chi connectivity index (χ0n) is 32.4. The number of carbonyl (C=O) groups is 3. The molecule has 0 saturated heterocycles. The van der Waals surface area contributed by atoms with Crippen LogP contribution in [0.25, 0.3) is 22.8 Å².